The largest absolute Gasteiger partial charge is 0.369 e. The summed E-state index contributed by atoms with van der Waals surface area (Å²) >= 11 is 6.27. The van der Waals surface area contributed by atoms with Crippen LogP contribution >= 0.6 is 11.6 Å². The molecule has 1 aromatic carbocycles. The third-order valence-electron chi connectivity index (χ3n) is 5.10. The van der Waals surface area contributed by atoms with E-state index in [1.807, 2.05) is 34.1 Å². The number of primary amides is 1. The molecule has 0 spiro atoms. The molecule has 2 heterocycles. The van der Waals surface area contributed by atoms with E-state index in [0.29, 0.717) is 0 Å². The van der Waals surface area contributed by atoms with Crippen molar-refractivity contribution in [2.75, 3.05) is 50.7 Å². The minimum absolute atomic E-state index is 0.0657. The van der Waals surface area contributed by atoms with E-state index in [2.05, 4.69) is 4.90 Å². The van der Waals surface area contributed by atoms with E-state index in [4.69, 9.17) is 17.3 Å². The summed E-state index contributed by atoms with van der Waals surface area (Å²) in [5.41, 5.74) is 6.27. The van der Waals surface area contributed by atoms with Gasteiger partial charge >= 0.3 is 0 Å². The Labute approximate surface area is 153 Å². The van der Waals surface area contributed by atoms with Crippen LogP contribution in [0, 0.1) is 5.92 Å². The van der Waals surface area contributed by atoms with Gasteiger partial charge in [-0.15, -0.1) is 0 Å². The average Bonchev–Trinajstić information content (AvgIpc) is 2.62. The van der Waals surface area contributed by atoms with Crippen LogP contribution in [0.2, 0.25) is 5.02 Å². The molecule has 3 rings (SSSR count). The number of rotatable bonds is 4. The summed E-state index contributed by atoms with van der Waals surface area (Å²) in [5, 5.41) is 0.754. The number of amides is 2. The molecule has 2 saturated heterocycles. The number of nitrogens with zero attached hydrogens (tertiary/aromatic N) is 3. The summed E-state index contributed by atoms with van der Waals surface area (Å²) in [6.07, 6.45) is 1.60. The number of likely N-dealkylation sites (tertiary alicyclic amines) is 1. The SMILES string of the molecule is NC(=O)CN1CCC(C(=O)N2CCN(c3ccccc3Cl)CC2)CC1. The zero-order valence-corrected chi connectivity index (χ0v) is 15.1. The number of piperidine rings is 1. The van der Waals surface area contributed by atoms with Crippen LogP contribution in [-0.4, -0.2) is 67.4 Å². The first-order valence-corrected chi connectivity index (χ1v) is 9.21. The van der Waals surface area contributed by atoms with Gasteiger partial charge in [-0.05, 0) is 38.1 Å². The Morgan fingerprint density at radius 3 is 2.28 bits per heavy atom. The van der Waals surface area contributed by atoms with Crippen molar-refractivity contribution < 1.29 is 9.59 Å². The zero-order valence-electron chi connectivity index (χ0n) is 14.4. The predicted molar refractivity (Wildman–Crippen MR) is 98.6 cm³/mol. The highest BCUT2D eigenvalue weighted by molar-refractivity contribution is 6.33. The molecule has 2 fully saturated rings. The lowest BCUT2D eigenvalue weighted by Gasteiger charge is -2.39. The lowest BCUT2D eigenvalue weighted by atomic mass is 9.95. The van der Waals surface area contributed by atoms with E-state index in [0.717, 1.165) is 62.8 Å². The fourth-order valence-electron chi connectivity index (χ4n) is 3.69. The van der Waals surface area contributed by atoms with Gasteiger partial charge in [0, 0.05) is 32.1 Å². The second-order valence-corrected chi connectivity index (χ2v) is 7.19. The number of carbonyl (C=O) groups is 2. The van der Waals surface area contributed by atoms with Crippen molar-refractivity contribution in [1.29, 1.82) is 0 Å². The molecule has 0 atom stereocenters. The first-order valence-electron chi connectivity index (χ1n) is 8.83. The van der Waals surface area contributed by atoms with Gasteiger partial charge in [-0.3, -0.25) is 14.5 Å². The number of benzene rings is 1. The van der Waals surface area contributed by atoms with Crippen molar-refractivity contribution in [3.8, 4) is 0 Å². The smallest absolute Gasteiger partial charge is 0.231 e. The van der Waals surface area contributed by atoms with E-state index < -0.39 is 0 Å². The first-order chi connectivity index (χ1) is 12.0. The highest BCUT2D eigenvalue weighted by Gasteiger charge is 2.30. The molecule has 25 heavy (non-hydrogen) atoms. The molecular formula is C18H25ClN4O2. The van der Waals surface area contributed by atoms with Crippen LogP contribution < -0.4 is 10.6 Å². The number of para-hydroxylation sites is 1. The van der Waals surface area contributed by atoms with Crippen molar-refractivity contribution >= 4 is 29.1 Å². The van der Waals surface area contributed by atoms with Gasteiger partial charge in [0.05, 0.1) is 17.3 Å². The number of hydrogen-bond donors (Lipinski definition) is 1. The molecule has 0 saturated carbocycles. The summed E-state index contributed by atoms with van der Waals surface area (Å²) in [5.74, 6) is 0.00833. The Balaban J connectivity index is 1.49. The van der Waals surface area contributed by atoms with Gasteiger partial charge in [-0.2, -0.15) is 0 Å². The van der Waals surface area contributed by atoms with E-state index in [1.54, 1.807) is 0 Å². The Bertz CT molecular complexity index is 623. The minimum Gasteiger partial charge on any atom is -0.369 e. The van der Waals surface area contributed by atoms with E-state index in [-0.39, 0.29) is 24.3 Å². The zero-order chi connectivity index (χ0) is 17.8. The van der Waals surface area contributed by atoms with Crippen molar-refractivity contribution in [3.63, 3.8) is 0 Å². The van der Waals surface area contributed by atoms with E-state index >= 15 is 0 Å². The summed E-state index contributed by atoms with van der Waals surface area (Å²) in [4.78, 5) is 30.0. The maximum Gasteiger partial charge on any atom is 0.231 e. The number of carbonyl (C=O) groups excluding carboxylic acids is 2. The van der Waals surface area contributed by atoms with E-state index in [1.165, 1.54) is 0 Å². The highest BCUT2D eigenvalue weighted by Crippen LogP contribution is 2.27. The number of anilines is 1. The number of halogens is 1. The number of nitrogens with two attached hydrogens (primary N) is 1. The third-order valence-corrected chi connectivity index (χ3v) is 5.42. The lowest BCUT2D eigenvalue weighted by Crippen LogP contribution is -2.52. The molecule has 0 aromatic heterocycles. The van der Waals surface area contributed by atoms with Gasteiger partial charge in [0.1, 0.15) is 0 Å². The Morgan fingerprint density at radius 2 is 1.68 bits per heavy atom. The molecule has 136 valence electrons. The van der Waals surface area contributed by atoms with Crippen LogP contribution in [0.1, 0.15) is 12.8 Å². The fraction of sp³-hybridized carbons (Fsp3) is 0.556. The maximum atomic E-state index is 12.8. The number of hydrogen-bond acceptors (Lipinski definition) is 4. The third kappa shape index (κ3) is 4.44. The molecule has 0 bridgehead atoms. The maximum absolute atomic E-state index is 12.8. The molecule has 0 radical (unpaired) electrons. The number of piperazine rings is 1. The molecule has 2 N–H and O–H groups in total. The van der Waals surface area contributed by atoms with Crippen LogP contribution in [-0.2, 0) is 9.59 Å². The topological polar surface area (TPSA) is 69.9 Å². The van der Waals surface area contributed by atoms with Gasteiger partial charge in [0.25, 0.3) is 0 Å². The van der Waals surface area contributed by atoms with Crippen LogP contribution in [0.4, 0.5) is 5.69 Å². The van der Waals surface area contributed by atoms with Crippen LogP contribution in [0.3, 0.4) is 0 Å². The molecule has 0 aliphatic carbocycles. The summed E-state index contributed by atoms with van der Waals surface area (Å²) in [7, 11) is 0. The molecule has 2 aliphatic rings. The van der Waals surface area contributed by atoms with Gasteiger partial charge in [0.15, 0.2) is 0 Å². The second kappa shape index (κ2) is 8.06. The molecule has 6 nitrogen and oxygen atoms in total. The molecule has 7 heteroatoms. The Morgan fingerprint density at radius 1 is 1.04 bits per heavy atom. The molecule has 1 aromatic rings. The molecular weight excluding hydrogens is 340 g/mol. The van der Waals surface area contributed by atoms with Crippen molar-refractivity contribution in [2.45, 2.75) is 12.8 Å². The lowest BCUT2D eigenvalue weighted by molar-refractivity contribution is -0.137. The Kier molecular flexibility index (Phi) is 5.81. The quantitative estimate of drug-likeness (QED) is 0.871. The van der Waals surface area contributed by atoms with Gasteiger partial charge in [-0.25, -0.2) is 0 Å². The van der Waals surface area contributed by atoms with Crippen LogP contribution in [0.15, 0.2) is 24.3 Å². The minimum atomic E-state index is -0.305. The normalized spacial score (nSPS) is 19.9. The van der Waals surface area contributed by atoms with Crippen LogP contribution in [0.25, 0.3) is 0 Å². The second-order valence-electron chi connectivity index (χ2n) is 6.78. The van der Waals surface area contributed by atoms with Gasteiger partial charge in [0.2, 0.25) is 11.8 Å². The van der Waals surface area contributed by atoms with Gasteiger partial charge in [-0.1, -0.05) is 23.7 Å². The summed E-state index contributed by atoms with van der Waals surface area (Å²) < 4.78 is 0. The van der Waals surface area contributed by atoms with Crippen LogP contribution in [0.5, 0.6) is 0 Å². The Hall–Kier alpha value is -1.79. The molecule has 2 amide bonds. The van der Waals surface area contributed by atoms with Crippen molar-refractivity contribution in [2.24, 2.45) is 11.7 Å². The van der Waals surface area contributed by atoms with Gasteiger partial charge < -0.3 is 15.5 Å². The van der Waals surface area contributed by atoms with Crippen molar-refractivity contribution in [1.82, 2.24) is 9.80 Å². The highest BCUT2D eigenvalue weighted by atomic mass is 35.5. The predicted octanol–water partition coefficient (Wildman–Crippen LogP) is 1.19. The molecule has 0 unspecified atom stereocenters. The molecule has 2 aliphatic heterocycles. The van der Waals surface area contributed by atoms with Crippen molar-refractivity contribution in [3.05, 3.63) is 29.3 Å². The summed E-state index contributed by atoms with van der Waals surface area (Å²) in [6.45, 7) is 4.87. The standard InChI is InChI=1S/C18H25ClN4O2/c19-15-3-1-2-4-16(15)22-9-11-23(12-10-22)18(25)14-5-7-21(8-6-14)13-17(20)24/h1-4,14H,5-13H2,(H2,20,24). The monoisotopic (exact) mass is 364 g/mol. The summed E-state index contributed by atoms with van der Waals surface area (Å²) in [6, 6.07) is 7.83. The average molecular weight is 365 g/mol. The first kappa shape index (κ1) is 18.0. The fourth-order valence-corrected chi connectivity index (χ4v) is 3.95. The van der Waals surface area contributed by atoms with E-state index in [9.17, 15) is 9.59 Å².